The second kappa shape index (κ2) is 11.0. The van der Waals surface area contributed by atoms with Crippen molar-refractivity contribution in [3.05, 3.63) is 35.4 Å². The summed E-state index contributed by atoms with van der Waals surface area (Å²) in [5, 5.41) is 2.97. The van der Waals surface area contributed by atoms with Gasteiger partial charge in [0.25, 0.3) is 5.91 Å². The molecule has 1 atom stereocenters. The summed E-state index contributed by atoms with van der Waals surface area (Å²) in [6, 6.07) is 5.94. The molecule has 1 aromatic rings. The third-order valence-electron chi connectivity index (χ3n) is 5.43. The Hall–Kier alpha value is -1.58. The van der Waals surface area contributed by atoms with Crippen molar-refractivity contribution < 1.29 is 26.7 Å². The summed E-state index contributed by atoms with van der Waals surface area (Å²) in [5.74, 6) is -3.97. The van der Waals surface area contributed by atoms with Gasteiger partial charge in [-0.3, -0.25) is 9.69 Å². The second-order valence-electron chi connectivity index (χ2n) is 7.27. The number of hydrogen-bond donors (Lipinski definition) is 1. The van der Waals surface area contributed by atoms with E-state index in [-0.39, 0.29) is 17.5 Å². The van der Waals surface area contributed by atoms with E-state index in [1.54, 1.807) is 0 Å². The van der Waals surface area contributed by atoms with Crippen molar-refractivity contribution in [3.8, 4) is 0 Å². The molecule has 1 aliphatic rings. The van der Waals surface area contributed by atoms with E-state index in [0.717, 1.165) is 25.9 Å². The lowest BCUT2D eigenvalue weighted by Gasteiger charge is -2.38. The molecule has 9 heteroatoms. The molecule has 29 heavy (non-hydrogen) atoms. The Morgan fingerprint density at radius 1 is 1.14 bits per heavy atom. The van der Waals surface area contributed by atoms with Gasteiger partial charge in [0.1, 0.15) is 0 Å². The third kappa shape index (κ3) is 6.72. The Morgan fingerprint density at radius 3 is 2.24 bits per heavy atom. The van der Waals surface area contributed by atoms with Gasteiger partial charge in [0, 0.05) is 31.2 Å². The lowest BCUT2D eigenvalue weighted by Crippen LogP contribution is -2.52. The number of nitrogens with one attached hydrogen (secondary N) is 1. The summed E-state index contributed by atoms with van der Waals surface area (Å²) in [4.78, 5) is 14.9. The summed E-state index contributed by atoms with van der Waals surface area (Å²) >= 11 is 0. The van der Waals surface area contributed by atoms with Crippen LogP contribution in [0.1, 0.15) is 42.6 Å². The Kier molecular flexibility index (Phi) is 8.98. The van der Waals surface area contributed by atoms with Crippen molar-refractivity contribution in [3.63, 3.8) is 0 Å². The zero-order valence-electron chi connectivity index (χ0n) is 16.9. The normalized spacial score (nSPS) is 16.9. The van der Waals surface area contributed by atoms with E-state index >= 15 is 0 Å². The first-order chi connectivity index (χ1) is 13.8. The average Bonchev–Trinajstić information content (AvgIpc) is 2.71. The lowest BCUT2D eigenvalue weighted by atomic mass is 9.92. The van der Waals surface area contributed by atoms with Crippen molar-refractivity contribution in [1.29, 1.82) is 0 Å². The van der Waals surface area contributed by atoms with Gasteiger partial charge < -0.3 is 10.1 Å². The van der Waals surface area contributed by atoms with E-state index in [9.17, 15) is 22.0 Å². The van der Waals surface area contributed by atoms with Gasteiger partial charge in [0.2, 0.25) is 9.84 Å². The molecule has 1 fully saturated rings. The molecule has 0 saturated carbocycles. The fraction of sp³-hybridized carbons (Fsp3) is 0.650. The first kappa shape index (κ1) is 23.7. The molecule has 1 aliphatic heterocycles. The maximum absolute atomic E-state index is 12.5. The highest BCUT2D eigenvalue weighted by atomic mass is 32.2. The first-order valence-corrected chi connectivity index (χ1v) is 11.7. The van der Waals surface area contributed by atoms with Crippen molar-refractivity contribution >= 4 is 15.7 Å². The van der Waals surface area contributed by atoms with Gasteiger partial charge in [-0.2, -0.15) is 8.78 Å². The summed E-state index contributed by atoms with van der Waals surface area (Å²) in [6.45, 7) is 7.85. The Bertz CT molecular complexity index is 746. The molecule has 0 aromatic heterocycles. The minimum Gasteiger partial charge on any atom is -0.379 e. The average molecular weight is 433 g/mol. The zero-order chi connectivity index (χ0) is 21.4. The molecule has 1 heterocycles. The number of amides is 1. The van der Waals surface area contributed by atoms with E-state index in [0.29, 0.717) is 31.2 Å². The number of hydrogen-bond acceptors (Lipinski definition) is 5. The second-order valence-corrected chi connectivity index (χ2v) is 9.24. The van der Waals surface area contributed by atoms with Crippen LogP contribution in [0, 0.1) is 5.92 Å². The van der Waals surface area contributed by atoms with Crippen molar-refractivity contribution in [2.24, 2.45) is 5.92 Å². The van der Waals surface area contributed by atoms with Crippen LogP contribution in [0.3, 0.4) is 0 Å². The number of morpholine rings is 1. The smallest absolute Gasteiger partial charge is 0.337 e. The molecule has 0 aliphatic carbocycles. The predicted octanol–water partition coefficient (Wildman–Crippen LogP) is 2.69. The van der Waals surface area contributed by atoms with Crippen LogP contribution in [0.5, 0.6) is 0 Å². The van der Waals surface area contributed by atoms with Gasteiger partial charge >= 0.3 is 5.76 Å². The SMILES string of the molecule is CCC(CC)[C@@H](CNC(=O)c1ccc(CS(=O)(=O)C(F)F)cc1)N1CCOCC1. The Balaban J connectivity index is 2.00. The summed E-state index contributed by atoms with van der Waals surface area (Å²) in [6.07, 6.45) is 2.03. The molecule has 164 valence electrons. The van der Waals surface area contributed by atoms with Crippen molar-refractivity contribution in [2.75, 3.05) is 32.8 Å². The molecular weight excluding hydrogens is 402 g/mol. The number of nitrogens with zero attached hydrogens (tertiary/aromatic N) is 1. The van der Waals surface area contributed by atoms with Crippen LogP contribution < -0.4 is 5.32 Å². The number of halogens is 2. The highest BCUT2D eigenvalue weighted by Crippen LogP contribution is 2.20. The number of ether oxygens (including phenoxy) is 1. The van der Waals surface area contributed by atoms with Gasteiger partial charge in [-0.1, -0.05) is 38.8 Å². The van der Waals surface area contributed by atoms with Crippen LogP contribution in [-0.4, -0.2) is 63.9 Å². The quantitative estimate of drug-likeness (QED) is 0.615. The molecule has 2 rings (SSSR count). The van der Waals surface area contributed by atoms with E-state index in [1.807, 2.05) is 0 Å². The van der Waals surface area contributed by atoms with Crippen molar-refractivity contribution in [1.82, 2.24) is 10.2 Å². The molecule has 0 spiro atoms. The largest absolute Gasteiger partial charge is 0.379 e. The molecule has 1 aromatic carbocycles. The zero-order valence-corrected chi connectivity index (χ0v) is 17.8. The molecule has 0 unspecified atom stereocenters. The van der Waals surface area contributed by atoms with Gasteiger partial charge in [-0.15, -0.1) is 0 Å². The van der Waals surface area contributed by atoms with E-state index in [4.69, 9.17) is 4.74 Å². The van der Waals surface area contributed by atoms with Crippen LogP contribution in [-0.2, 0) is 20.3 Å². The molecule has 1 N–H and O–H groups in total. The molecule has 1 amide bonds. The van der Waals surface area contributed by atoms with Gasteiger partial charge in [0.05, 0.1) is 19.0 Å². The molecular formula is C20H30F2N2O4S. The number of alkyl halides is 2. The van der Waals surface area contributed by atoms with Crippen LogP contribution in [0.4, 0.5) is 8.78 Å². The van der Waals surface area contributed by atoms with E-state index in [1.165, 1.54) is 24.3 Å². The van der Waals surface area contributed by atoms with Crippen molar-refractivity contribution in [2.45, 2.75) is 44.2 Å². The van der Waals surface area contributed by atoms with Crippen LogP contribution >= 0.6 is 0 Å². The maximum Gasteiger partial charge on any atom is 0.337 e. The lowest BCUT2D eigenvalue weighted by molar-refractivity contribution is 0.00191. The first-order valence-electron chi connectivity index (χ1n) is 9.97. The number of benzene rings is 1. The molecule has 1 saturated heterocycles. The standard InChI is InChI=1S/C20H30F2N2O4S/c1-3-16(4-2)18(24-9-11-28-12-10-24)13-23-19(25)17-7-5-15(6-8-17)14-29(26,27)20(21)22/h5-8,16,18,20H,3-4,9-14H2,1-2H3,(H,23,25)/t18-/m1/s1. The molecule has 0 bridgehead atoms. The van der Waals surface area contributed by atoms with Gasteiger partial charge in [-0.05, 0) is 23.6 Å². The number of carbonyl (C=O) groups excluding carboxylic acids is 1. The van der Waals surface area contributed by atoms with Crippen LogP contribution in [0.25, 0.3) is 0 Å². The van der Waals surface area contributed by atoms with Crippen LogP contribution in [0.2, 0.25) is 0 Å². The Morgan fingerprint density at radius 2 is 1.72 bits per heavy atom. The summed E-state index contributed by atoms with van der Waals surface area (Å²) in [7, 11) is -4.48. The van der Waals surface area contributed by atoms with Gasteiger partial charge in [0.15, 0.2) is 0 Å². The topological polar surface area (TPSA) is 75.7 Å². The summed E-state index contributed by atoms with van der Waals surface area (Å²) < 4.78 is 53.1. The highest BCUT2D eigenvalue weighted by molar-refractivity contribution is 7.90. The predicted molar refractivity (Wildman–Crippen MR) is 108 cm³/mol. The number of sulfone groups is 1. The van der Waals surface area contributed by atoms with E-state index < -0.39 is 21.3 Å². The van der Waals surface area contributed by atoms with Crippen LogP contribution in [0.15, 0.2) is 24.3 Å². The molecule has 0 radical (unpaired) electrons. The fourth-order valence-electron chi connectivity index (χ4n) is 3.68. The van der Waals surface area contributed by atoms with E-state index in [2.05, 4.69) is 24.1 Å². The number of rotatable bonds is 10. The summed E-state index contributed by atoms with van der Waals surface area (Å²) in [5.41, 5.74) is 0.596. The highest BCUT2D eigenvalue weighted by Gasteiger charge is 2.27. The monoisotopic (exact) mass is 432 g/mol. The minimum atomic E-state index is -4.48. The third-order valence-corrected chi connectivity index (χ3v) is 6.71. The fourth-order valence-corrected chi connectivity index (χ4v) is 4.47. The molecule has 6 nitrogen and oxygen atoms in total. The number of carbonyl (C=O) groups is 1. The maximum atomic E-state index is 12.5. The Labute approximate surface area is 171 Å². The minimum absolute atomic E-state index is 0.216. The van der Waals surface area contributed by atoms with Gasteiger partial charge in [-0.25, -0.2) is 8.42 Å².